The Morgan fingerprint density at radius 1 is 1.08 bits per heavy atom. The van der Waals surface area contributed by atoms with Gasteiger partial charge in [0.25, 0.3) is 0 Å². The van der Waals surface area contributed by atoms with Crippen LogP contribution in [0.1, 0.15) is 19.3 Å². The molecule has 0 bridgehead atoms. The molecule has 13 heavy (non-hydrogen) atoms. The molecule has 2 heterocycles. The fourth-order valence-corrected chi connectivity index (χ4v) is 2.51. The molecule has 0 saturated carbocycles. The van der Waals surface area contributed by atoms with E-state index in [1.165, 1.54) is 0 Å². The molecule has 2 saturated heterocycles. The van der Waals surface area contributed by atoms with Crippen molar-refractivity contribution in [3.05, 3.63) is 0 Å². The number of hydrogen-bond acceptors (Lipinski definition) is 2. The van der Waals surface area contributed by atoms with Crippen molar-refractivity contribution in [3.8, 4) is 0 Å². The molecule has 2 fully saturated rings. The van der Waals surface area contributed by atoms with E-state index in [0.717, 1.165) is 38.9 Å². The van der Waals surface area contributed by atoms with Crippen LogP contribution in [0.4, 0.5) is 0 Å². The van der Waals surface area contributed by atoms with Crippen molar-refractivity contribution in [2.24, 2.45) is 5.41 Å². The van der Waals surface area contributed by atoms with Gasteiger partial charge < -0.3 is 9.80 Å². The van der Waals surface area contributed by atoms with Crippen LogP contribution >= 0.6 is 0 Å². The molecule has 0 N–H and O–H groups in total. The van der Waals surface area contributed by atoms with Gasteiger partial charge in [0, 0.05) is 13.6 Å². The average molecular weight is 182 g/mol. The fraction of sp³-hybridized carbons (Fsp3) is 0.900. The summed E-state index contributed by atoms with van der Waals surface area (Å²) in [5.41, 5.74) is 0.0290. The molecule has 0 aromatic heterocycles. The Bertz CT molecular complexity index is 219. The summed E-state index contributed by atoms with van der Waals surface area (Å²) in [6.45, 7) is 3.13. The monoisotopic (exact) mass is 182 g/mol. The second-order valence-electron chi connectivity index (χ2n) is 4.56. The third-order valence-corrected chi connectivity index (χ3v) is 3.67. The van der Waals surface area contributed by atoms with Gasteiger partial charge in [0.15, 0.2) is 0 Å². The molecule has 1 amide bonds. The highest BCUT2D eigenvalue weighted by molar-refractivity contribution is 5.84. The minimum Gasteiger partial charge on any atom is -0.345 e. The Morgan fingerprint density at radius 3 is 2.08 bits per heavy atom. The van der Waals surface area contributed by atoms with E-state index in [2.05, 4.69) is 11.9 Å². The first-order valence-electron chi connectivity index (χ1n) is 5.08. The normalized spacial score (nSPS) is 28.8. The summed E-state index contributed by atoms with van der Waals surface area (Å²) in [5.74, 6) is 0.389. The first kappa shape index (κ1) is 9.00. The zero-order valence-corrected chi connectivity index (χ0v) is 8.55. The van der Waals surface area contributed by atoms with E-state index in [0.29, 0.717) is 5.91 Å². The summed E-state index contributed by atoms with van der Waals surface area (Å²) >= 11 is 0. The highest BCUT2D eigenvalue weighted by Crippen LogP contribution is 2.40. The molecule has 0 radical (unpaired) electrons. The minimum atomic E-state index is 0.0290. The summed E-state index contributed by atoms with van der Waals surface area (Å²) in [4.78, 5) is 16.1. The predicted molar refractivity (Wildman–Crippen MR) is 51.4 cm³/mol. The summed E-state index contributed by atoms with van der Waals surface area (Å²) in [7, 11) is 4.06. The van der Waals surface area contributed by atoms with Gasteiger partial charge in [0.2, 0.25) is 5.91 Å². The lowest BCUT2D eigenvalue weighted by atomic mass is 9.77. The number of carbonyl (C=O) groups excluding carboxylic acids is 1. The van der Waals surface area contributed by atoms with Crippen LogP contribution in [0.5, 0.6) is 0 Å². The van der Waals surface area contributed by atoms with Crippen LogP contribution in [-0.4, -0.2) is 49.4 Å². The highest BCUT2D eigenvalue weighted by atomic mass is 16.2. The Morgan fingerprint density at radius 2 is 1.62 bits per heavy atom. The van der Waals surface area contributed by atoms with E-state index >= 15 is 0 Å². The van der Waals surface area contributed by atoms with Gasteiger partial charge in [-0.3, -0.25) is 4.79 Å². The maximum atomic E-state index is 11.9. The fourth-order valence-electron chi connectivity index (χ4n) is 2.51. The molecule has 0 aliphatic carbocycles. The zero-order chi connectivity index (χ0) is 9.47. The molecule has 0 aromatic rings. The van der Waals surface area contributed by atoms with Gasteiger partial charge in [-0.2, -0.15) is 0 Å². The molecule has 2 aliphatic rings. The van der Waals surface area contributed by atoms with Crippen molar-refractivity contribution in [2.75, 3.05) is 33.7 Å². The number of piperidine rings is 1. The number of rotatable bonds is 0. The SMILES string of the molecule is CN1CCC2(CC1)CCN(C)C2=O. The number of likely N-dealkylation sites (tertiary alicyclic amines) is 2. The molecule has 74 valence electrons. The van der Waals surface area contributed by atoms with Crippen LogP contribution in [0.25, 0.3) is 0 Å². The highest BCUT2D eigenvalue weighted by Gasteiger charge is 2.46. The predicted octanol–water partition coefficient (Wildman–Crippen LogP) is 0.560. The van der Waals surface area contributed by atoms with Crippen molar-refractivity contribution in [3.63, 3.8) is 0 Å². The Kier molecular flexibility index (Phi) is 2.06. The quantitative estimate of drug-likeness (QED) is 0.546. The van der Waals surface area contributed by atoms with E-state index in [-0.39, 0.29) is 5.41 Å². The Labute approximate surface area is 79.7 Å². The van der Waals surface area contributed by atoms with Gasteiger partial charge in [0.1, 0.15) is 0 Å². The van der Waals surface area contributed by atoms with E-state index in [1.807, 2.05) is 11.9 Å². The molecule has 0 unspecified atom stereocenters. The van der Waals surface area contributed by atoms with Crippen molar-refractivity contribution < 1.29 is 4.79 Å². The summed E-state index contributed by atoms with van der Waals surface area (Å²) in [6, 6.07) is 0. The molecule has 1 spiro atoms. The van der Waals surface area contributed by atoms with E-state index in [9.17, 15) is 4.79 Å². The largest absolute Gasteiger partial charge is 0.345 e. The van der Waals surface area contributed by atoms with Crippen molar-refractivity contribution in [1.29, 1.82) is 0 Å². The summed E-state index contributed by atoms with van der Waals surface area (Å²) in [6.07, 6.45) is 3.20. The lowest BCUT2D eigenvalue weighted by Gasteiger charge is -2.35. The van der Waals surface area contributed by atoms with Gasteiger partial charge in [-0.1, -0.05) is 0 Å². The van der Waals surface area contributed by atoms with Crippen molar-refractivity contribution >= 4 is 5.91 Å². The van der Waals surface area contributed by atoms with Crippen LogP contribution in [0.3, 0.4) is 0 Å². The topological polar surface area (TPSA) is 23.6 Å². The second-order valence-corrected chi connectivity index (χ2v) is 4.56. The lowest BCUT2D eigenvalue weighted by molar-refractivity contribution is -0.137. The Balaban J connectivity index is 2.09. The van der Waals surface area contributed by atoms with Crippen LogP contribution in [-0.2, 0) is 4.79 Å². The lowest BCUT2D eigenvalue weighted by Crippen LogP contribution is -2.42. The van der Waals surface area contributed by atoms with Gasteiger partial charge in [-0.05, 0) is 39.4 Å². The van der Waals surface area contributed by atoms with Gasteiger partial charge in [-0.25, -0.2) is 0 Å². The van der Waals surface area contributed by atoms with Crippen LogP contribution in [0, 0.1) is 5.41 Å². The van der Waals surface area contributed by atoms with E-state index in [4.69, 9.17) is 0 Å². The van der Waals surface area contributed by atoms with Crippen LogP contribution in [0.15, 0.2) is 0 Å². The van der Waals surface area contributed by atoms with Gasteiger partial charge in [-0.15, -0.1) is 0 Å². The number of hydrogen-bond donors (Lipinski definition) is 0. The molecular weight excluding hydrogens is 164 g/mol. The molecule has 0 aromatic carbocycles. The molecule has 3 nitrogen and oxygen atoms in total. The smallest absolute Gasteiger partial charge is 0.228 e. The van der Waals surface area contributed by atoms with Gasteiger partial charge >= 0.3 is 0 Å². The number of amides is 1. The van der Waals surface area contributed by atoms with Crippen molar-refractivity contribution in [2.45, 2.75) is 19.3 Å². The summed E-state index contributed by atoms with van der Waals surface area (Å²) < 4.78 is 0. The maximum absolute atomic E-state index is 11.9. The number of carbonyl (C=O) groups is 1. The maximum Gasteiger partial charge on any atom is 0.228 e. The minimum absolute atomic E-state index is 0.0290. The molecule has 2 aliphatic heterocycles. The molecule has 3 heteroatoms. The van der Waals surface area contributed by atoms with E-state index < -0.39 is 0 Å². The molecular formula is C10H18N2O. The van der Waals surface area contributed by atoms with Gasteiger partial charge in [0.05, 0.1) is 5.41 Å². The standard InChI is InChI=1S/C10H18N2O/c1-11-6-3-10(4-7-11)5-8-12(2)9(10)13/h3-8H2,1-2H3. The summed E-state index contributed by atoms with van der Waals surface area (Å²) in [5, 5.41) is 0. The van der Waals surface area contributed by atoms with Crippen molar-refractivity contribution in [1.82, 2.24) is 9.80 Å². The van der Waals surface area contributed by atoms with E-state index in [1.54, 1.807) is 0 Å². The molecule has 0 atom stereocenters. The van der Waals surface area contributed by atoms with Crippen LogP contribution < -0.4 is 0 Å². The van der Waals surface area contributed by atoms with Crippen LogP contribution in [0.2, 0.25) is 0 Å². The zero-order valence-electron chi connectivity index (χ0n) is 8.55. The third-order valence-electron chi connectivity index (χ3n) is 3.67. The first-order valence-corrected chi connectivity index (χ1v) is 5.08. The Hall–Kier alpha value is -0.570. The average Bonchev–Trinajstić information content (AvgIpc) is 2.40. The first-order chi connectivity index (χ1) is 6.14. The third kappa shape index (κ3) is 1.35. The molecule has 2 rings (SSSR count). The number of nitrogens with zero attached hydrogens (tertiary/aromatic N) is 2. The second kappa shape index (κ2) is 2.98.